The Hall–Kier alpha value is -3.07. The molecule has 0 aliphatic carbocycles. The van der Waals surface area contributed by atoms with Gasteiger partial charge in [0.25, 0.3) is 5.91 Å². The van der Waals surface area contributed by atoms with Crippen LogP contribution in [0.1, 0.15) is 15.9 Å². The van der Waals surface area contributed by atoms with Crippen molar-refractivity contribution in [3.05, 3.63) is 83.9 Å². The number of benzene rings is 3. The number of ether oxygens (including phenoxy) is 1. The van der Waals surface area contributed by atoms with Gasteiger partial charge in [0.1, 0.15) is 5.75 Å². The van der Waals surface area contributed by atoms with E-state index in [0.29, 0.717) is 11.3 Å². The third-order valence-corrected chi connectivity index (χ3v) is 3.92. The fraction of sp³-hybridized carbons (Fsp3) is 0.0952. The minimum atomic E-state index is -0.151. The molecule has 0 fully saturated rings. The second-order valence-electron chi connectivity index (χ2n) is 5.58. The number of amides is 1. The maximum absolute atomic E-state index is 12.5. The van der Waals surface area contributed by atoms with Gasteiger partial charge in [-0.05, 0) is 47.9 Å². The van der Waals surface area contributed by atoms with Crippen LogP contribution in [0.5, 0.6) is 5.75 Å². The van der Waals surface area contributed by atoms with Crippen LogP contribution in [-0.2, 0) is 0 Å². The Morgan fingerprint density at radius 1 is 0.875 bits per heavy atom. The normalized spacial score (nSPS) is 10.2. The second kappa shape index (κ2) is 7.01. The first kappa shape index (κ1) is 15.8. The SMILES string of the molecule is COc1cccc(C(=O)Nc2cc(-c3ccccc3)ccc2C)c1. The van der Waals surface area contributed by atoms with Gasteiger partial charge in [0.2, 0.25) is 0 Å². The summed E-state index contributed by atoms with van der Waals surface area (Å²) in [4.78, 5) is 12.5. The van der Waals surface area contributed by atoms with E-state index in [1.165, 1.54) is 0 Å². The molecule has 1 amide bonds. The molecule has 1 N–H and O–H groups in total. The van der Waals surface area contributed by atoms with Crippen molar-refractivity contribution in [1.29, 1.82) is 0 Å². The smallest absolute Gasteiger partial charge is 0.255 e. The van der Waals surface area contributed by atoms with Gasteiger partial charge in [-0.1, -0.05) is 48.5 Å². The minimum absolute atomic E-state index is 0.151. The van der Waals surface area contributed by atoms with Gasteiger partial charge < -0.3 is 10.1 Å². The minimum Gasteiger partial charge on any atom is -0.497 e. The summed E-state index contributed by atoms with van der Waals surface area (Å²) in [5, 5.41) is 2.99. The molecule has 0 aromatic heterocycles. The van der Waals surface area contributed by atoms with Gasteiger partial charge >= 0.3 is 0 Å². The number of methoxy groups -OCH3 is 1. The summed E-state index contributed by atoms with van der Waals surface area (Å²) >= 11 is 0. The second-order valence-corrected chi connectivity index (χ2v) is 5.58. The monoisotopic (exact) mass is 317 g/mol. The van der Waals surface area contributed by atoms with Crippen molar-refractivity contribution >= 4 is 11.6 Å². The number of nitrogens with one attached hydrogen (secondary N) is 1. The standard InChI is InChI=1S/C21H19NO2/c1-15-11-12-17(16-7-4-3-5-8-16)14-20(15)22-21(23)18-9-6-10-19(13-18)24-2/h3-14H,1-2H3,(H,22,23). The van der Waals surface area contributed by atoms with E-state index in [9.17, 15) is 4.79 Å². The zero-order chi connectivity index (χ0) is 16.9. The highest BCUT2D eigenvalue weighted by Gasteiger charge is 2.10. The third kappa shape index (κ3) is 3.46. The molecule has 0 saturated heterocycles. The molecule has 120 valence electrons. The van der Waals surface area contributed by atoms with Crippen LogP contribution in [0.4, 0.5) is 5.69 Å². The van der Waals surface area contributed by atoms with Crippen LogP contribution in [0.25, 0.3) is 11.1 Å². The van der Waals surface area contributed by atoms with Gasteiger partial charge in [-0.2, -0.15) is 0 Å². The van der Waals surface area contributed by atoms with Crippen molar-refractivity contribution < 1.29 is 9.53 Å². The average molecular weight is 317 g/mol. The van der Waals surface area contributed by atoms with Crippen LogP contribution in [0.2, 0.25) is 0 Å². The summed E-state index contributed by atoms with van der Waals surface area (Å²) < 4.78 is 5.18. The van der Waals surface area contributed by atoms with Crippen LogP contribution in [0, 0.1) is 6.92 Å². The van der Waals surface area contributed by atoms with Crippen molar-refractivity contribution in [2.24, 2.45) is 0 Å². The molecule has 3 aromatic rings. The largest absolute Gasteiger partial charge is 0.497 e. The molecular formula is C21H19NO2. The van der Waals surface area contributed by atoms with Crippen molar-refractivity contribution in [3.8, 4) is 16.9 Å². The first-order valence-corrected chi connectivity index (χ1v) is 7.79. The lowest BCUT2D eigenvalue weighted by Gasteiger charge is -2.11. The quantitative estimate of drug-likeness (QED) is 0.741. The van der Waals surface area contributed by atoms with Gasteiger partial charge in [0, 0.05) is 11.3 Å². The van der Waals surface area contributed by atoms with Crippen LogP contribution in [0.15, 0.2) is 72.8 Å². The molecule has 24 heavy (non-hydrogen) atoms. The molecule has 0 heterocycles. The third-order valence-electron chi connectivity index (χ3n) is 3.92. The van der Waals surface area contributed by atoms with Crippen LogP contribution < -0.4 is 10.1 Å². The van der Waals surface area contributed by atoms with E-state index in [4.69, 9.17) is 4.74 Å². The molecule has 0 radical (unpaired) electrons. The molecule has 0 saturated carbocycles. The maximum atomic E-state index is 12.5. The highest BCUT2D eigenvalue weighted by molar-refractivity contribution is 6.05. The number of rotatable bonds is 4. The van der Waals surface area contributed by atoms with Gasteiger partial charge in [-0.15, -0.1) is 0 Å². The van der Waals surface area contributed by atoms with E-state index in [1.807, 2.05) is 43.3 Å². The molecule has 3 heteroatoms. The molecule has 0 aliphatic rings. The Bertz CT molecular complexity index is 857. The summed E-state index contributed by atoms with van der Waals surface area (Å²) in [5.41, 5.74) is 4.59. The van der Waals surface area contributed by atoms with E-state index in [-0.39, 0.29) is 5.91 Å². The van der Waals surface area contributed by atoms with E-state index in [1.54, 1.807) is 25.3 Å². The Balaban J connectivity index is 1.88. The van der Waals surface area contributed by atoms with Gasteiger partial charge in [0.15, 0.2) is 0 Å². The van der Waals surface area contributed by atoms with Gasteiger partial charge in [-0.25, -0.2) is 0 Å². The Kier molecular flexibility index (Phi) is 4.62. The van der Waals surface area contributed by atoms with Gasteiger partial charge in [0.05, 0.1) is 7.11 Å². The zero-order valence-corrected chi connectivity index (χ0v) is 13.7. The Morgan fingerprint density at radius 2 is 1.67 bits per heavy atom. The molecule has 3 rings (SSSR count). The van der Waals surface area contributed by atoms with E-state index >= 15 is 0 Å². The number of hydrogen-bond acceptors (Lipinski definition) is 2. The van der Waals surface area contributed by atoms with Crippen LogP contribution in [0.3, 0.4) is 0 Å². The lowest BCUT2D eigenvalue weighted by Crippen LogP contribution is -2.12. The van der Waals surface area contributed by atoms with E-state index < -0.39 is 0 Å². The fourth-order valence-electron chi connectivity index (χ4n) is 2.53. The van der Waals surface area contributed by atoms with Crippen molar-refractivity contribution in [2.75, 3.05) is 12.4 Å². The number of carbonyl (C=O) groups excluding carboxylic acids is 1. The van der Waals surface area contributed by atoms with Crippen molar-refractivity contribution in [3.63, 3.8) is 0 Å². The lowest BCUT2D eigenvalue weighted by molar-refractivity contribution is 0.102. The molecule has 0 atom stereocenters. The summed E-state index contributed by atoms with van der Waals surface area (Å²) in [6.07, 6.45) is 0. The van der Waals surface area contributed by atoms with Crippen LogP contribution in [-0.4, -0.2) is 13.0 Å². The van der Waals surface area contributed by atoms with E-state index in [2.05, 4.69) is 23.5 Å². The average Bonchev–Trinajstić information content (AvgIpc) is 2.64. The maximum Gasteiger partial charge on any atom is 0.255 e. The molecule has 0 bridgehead atoms. The highest BCUT2D eigenvalue weighted by Crippen LogP contribution is 2.26. The molecule has 0 aliphatic heterocycles. The zero-order valence-electron chi connectivity index (χ0n) is 13.7. The Morgan fingerprint density at radius 3 is 2.42 bits per heavy atom. The number of hydrogen-bond donors (Lipinski definition) is 1. The van der Waals surface area contributed by atoms with Crippen molar-refractivity contribution in [1.82, 2.24) is 0 Å². The molecule has 0 spiro atoms. The summed E-state index contributed by atoms with van der Waals surface area (Å²) in [6, 6.07) is 23.3. The Labute approximate surface area is 141 Å². The first-order chi connectivity index (χ1) is 11.7. The molecule has 3 nitrogen and oxygen atoms in total. The number of aryl methyl sites for hydroxylation is 1. The summed E-state index contributed by atoms with van der Waals surface area (Å²) in [7, 11) is 1.59. The summed E-state index contributed by atoms with van der Waals surface area (Å²) in [5.74, 6) is 0.514. The van der Waals surface area contributed by atoms with E-state index in [0.717, 1.165) is 22.4 Å². The van der Waals surface area contributed by atoms with Gasteiger partial charge in [-0.3, -0.25) is 4.79 Å². The topological polar surface area (TPSA) is 38.3 Å². The molecule has 3 aromatic carbocycles. The highest BCUT2D eigenvalue weighted by atomic mass is 16.5. The van der Waals surface area contributed by atoms with Crippen LogP contribution >= 0.6 is 0 Å². The number of carbonyl (C=O) groups is 1. The summed E-state index contributed by atoms with van der Waals surface area (Å²) in [6.45, 7) is 1.98. The number of anilines is 1. The predicted molar refractivity (Wildman–Crippen MR) is 97.6 cm³/mol. The lowest BCUT2D eigenvalue weighted by atomic mass is 10.0. The molecular weight excluding hydrogens is 298 g/mol. The first-order valence-electron chi connectivity index (χ1n) is 7.79. The molecule has 0 unspecified atom stereocenters. The van der Waals surface area contributed by atoms with Crippen molar-refractivity contribution in [2.45, 2.75) is 6.92 Å². The fourth-order valence-corrected chi connectivity index (χ4v) is 2.53. The predicted octanol–water partition coefficient (Wildman–Crippen LogP) is 4.92.